The summed E-state index contributed by atoms with van der Waals surface area (Å²) in [5.74, 6) is 0. The fourth-order valence-corrected chi connectivity index (χ4v) is 7.53. The van der Waals surface area contributed by atoms with E-state index in [1.165, 1.54) is 73.7 Å². The molecule has 0 aliphatic carbocycles. The van der Waals surface area contributed by atoms with E-state index >= 15 is 0 Å². The summed E-state index contributed by atoms with van der Waals surface area (Å²) in [7, 11) is 0. The summed E-state index contributed by atoms with van der Waals surface area (Å²) in [6, 6.07) is 49.1. The van der Waals surface area contributed by atoms with Crippen molar-refractivity contribution in [1.82, 2.24) is 0 Å². The fraction of sp³-hybridized carbons (Fsp3) is 0. The van der Waals surface area contributed by atoms with Crippen LogP contribution in [0.15, 0.2) is 133 Å². The number of thiophene rings is 2. The maximum atomic E-state index is 2.33. The van der Waals surface area contributed by atoms with E-state index in [-0.39, 0.29) is 0 Å². The van der Waals surface area contributed by atoms with Crippen molar-refractivity contribution in [3.63, 3.8) is 0 Å². The van der Waals surface area contributed by atoms with Gasteiger partial charge in [-0.15, -0.1) is 22.7 Å². The molecule has 6 aromatic carbocycles. The summed E-state index contributed by atoms with van der Waals surface area (Å²) < 4.78 is 0. The van der Waals surface area contributed by atoms with Crippen molar-refractivity contribution >= 4 is 65.8 Å². The molecule has 0 spiro atoms. The molecule has 2 heteroatoms. The molecule has 0 unspecified atom stereocenters. The Bertz CT molecular complexity index is 1990. The Hall–Kier alpha value is -4.24. The minimum absolute atomic E-state index is 1.28. The topological polar surface area (TPSA) is 0 Å². The first-order chi connectivity index (χ1) is 18.8. The highest BCUT2D eigenvalue weighted by atomic mass is 32.1. The highest BCUT2D eigenvalue weighted by Gasteiger charge is 2.11. The lowest BCUT2D eigenvalue weighted by atomic mass is 10.0. The molecular formula is C36H22S2. The van der Waals surface area contributed by atoms with Gasteiger partial charge in [-0.3, -0.25) is 0 Å². The number of benzene rings is 6. The molecule has 0 fully saturated rings. The largest absolute Gasteiger partial charge is 0.134 e. The average molecular weight is 519 g/mol. The van der Waals surface area contributed by atoms with E-state index in [0.29, 0.717) is 0 Å². The molecule has 0 aliphatic rings. The molecule has 8 aromatic rings. The maximum Gasteiger partial charge on any atom is 0.0449 e. The molecule has 2 heterocycles. The predicted molar refractivity (Wildman–Crippen MR) is 169 cm³/mol. The molecule has 0 amide bonds. The maximum absolute atomic E-state index is 2.33. The summed E-state index contributed by atoms with van der Waals surface area (Å²) in [6.45, 7) is 0. The van der Waals surface area contributed by atoms with E-state index in [2.05, 4.69) is 133 Å². The van der Waals surface area contributed by atoms with E-state index in [4.69, 9.17) is 0 Å². The van der Waals surface area contributed by atoms with Gasteiger partial charge in [0.1, 0.15) is 0 Å². The monoisotopic (exact) mass is 518 g/mol. The standard InChI is InChI=1S/C36H22S2/c1-3-7-25-19-31-21-29(11-9-27(31)17-23(25)5-1)33-13-15-35(37-33)36-16-14-34(38-36)30-12-10-28-18-24-6-2-4-8-26(24)20-32(28)22-30/h1-22H. The zero-order valence-electron chi connectivity index (χ0n) is 20.5. The van der Waals surface area contributed by atoms with Crippen LogP contribution in [0.1, 0.15) is 0 Å². The van der Waals surface area contributed by atoms with Gasteiger partial charge in [0.2, 0.25) is 0 Å². The van der Waals surface area contributed by atoms with Gasteiger partial charge in [-0.2, -0.15) is 0 Å². The van der Waals surface area contributed by atoms with E-state index in [1.807, 2.05) is 22.7 Å². The van der Waals surface area contributed by atoms with E-state index in [9.17, 15) is 0 Å². The van der Waals surface area contributed by atoms with Crippen molar-refractivity contribution < 1.29 is 0 Å². The molecule has 8 rings (SSSR count). The Morgan fingerprint density at radius 1 is 0.263 bits per heavy atom. The van der Waals surface area contributed by atoms with Gasteiger partial charge in [0, 0.05) is 19.5 Å². The first-order valence-corrected chi connectivity index (χ1v) is 14.5. The predicted octanol–water partition coefficient (Wildman–Crippen LogP) is 11.4. The molecule has 0 radical (unpaired) electrons. The molecule has 0 atom stereocenters. The Morgan fingerprint density at radius 2 is 0.605 bits per heavy atom. The number of hydrogen-bond acceptors (Lipinski definition) is 2. The van der Waals surface area contributed by atoms with Gasteiger partial charge in [-0.1, -0.05) is 72.8 Å². The molecule has 0 bridgehead atoms. The highest BCUT2D eigenvalue weighted by Crippen LogP contribution is 2.41. The second kappa shape index (κ2) is 8.66. The van der Waals surface area contributed by atoms with Gasteiger partial charge in [0.25, 0.3) is 0 Å². The summed E-state index contributed by atoms with van der Waals surface area (Å²) in [6.07, 6.45) is 0. The van der Waals surface area contributed by atoms with E-state index in [1.54, 1.807) is 0 Å². The smallest absolute Gasteiger partial charge is 0.0449 e. The number of fused-ring (bicyclic) bond motifs is 4. The van der Waals surface area contributed by atoms with Crippen LogP contribution in [0.25, 0.3) is 73.7 Å². The minimum atomic E-state index is 1.28. The molecule has 0 saturated heterocycles. The second-order valence-electron chi connectivity index (χ2n) is 9.85. The first kappa shape index (κ1) is 21.8. The van der Waals surface area contributed by atoms with Gasteiger partial charge in [-0.25, -0.2) is 0 Å². The SMILES string of the molecule is c1ccc2cc3cc(-c4ccc(-c5ccc(-c6ccc7cc8ccccc8cc7c6)s5)s4)ccc3cc2c1. The van der Waals surface area contributed by atoms with Crippen molar-refractivity contribution in [3.05, 3.63) is 133 Å². The Kier molecular flexibility index (Phi) is 4.97. The molecule has 0 aliphatic heterocycles. The number of hydrogen-bond donors (Lipinski definition) is 0. The highest BCUT2D eigenvalue weighted by molar-refractivity contribution is 7.25. The van der Waals surface area contributed by atoms with Crippen LogP contribution in [0.2, 0.25) is 0 Å². The van der Waals surface area contributed by atoms with Crippen molar-refractivity contribution in [2.45, 2.75) is 0 Å². The van der Waals surface area contributed by atoms with Crippen LogP contribution in [0.5, 0.6) is 0 Å². The van der Waals surface area contributed by atoms with E-state index in [0.717, 1.165) is 0 Å². The Labute approximate surface area is 229 Å². The summed E-state index contributed by atoms with van der Waals surface area (Å²) in [5, 5.41) is 10.3. The van der Waals surface area contributed by atoms with Gasteiger partial charge >= 0.3 is 0 Å². The first-order valence-electron chi connectivity index (χ1n) is 12.8. The van der Waals surface area contributed by atoms with Crippen molar-refractivity contribution in [2.75, 3.05) is 0 Å². The summed E-state index contributed by atoms with van der Waals surface area (Å²) in [5.41, 5.74) is 2.56. The van der Waals surface area contributed by atoms with Crippen LogP contribution in [0.3, 0.4) is 0 Å². The lowest BCUT2D eigenvalue weighted by molar-refractivity contribution is 1.75. The normalized spacial score (nSPS) is 11.7. The van der Waals surface area contributed by atoms with E-state index < -0.39 is 0 Å². The van der Waals surface area contributed by atoms with Crippen LogP contribution < -0.4 is 0 Å². The molecular weight excluding hydrogens is 497 g/mol. The average Bonchev–Trinajstić information content (AvgIpc) is 3.65. The number of rotatable bonds is 3. The summed E-state index contributed by atoms with van der Waals surface area (Å²) >= 11 is 3.75. The molecule has 0 N–H and O–H groups in total. The van der Waals surface area contributed by atoms with Gasteiger partial charge in [0.15, 0.2) is 0 Å². The zero-order chi connectivity index (χ0) is 25.1. The van der Waals surface area contributed by atoms with Gasteiger partial charge < -0.3 is 0 Å². The second-order valence-corrected chi connectivity index (χ2v) is 12.0. The Morgan fingerprint density at radius 3 is 1.03 bits per heavy atom. The molecule has 2 aromatic heterocycles. The van der Waals surface area contributed by atoms with Crippen LogP contribution in [0, 0.1) is 0 Å². The van der Waals surface area contributed by atoms with Crippen molar-refractivity contribution in [3.8, 4) is 30.6 Å². The van der Waals surface area contributed by atoms with Gasteiger partial charge in [-0.05, 0) is 115 Å². The van der Waals surface area contributed by atoms with Crippen molar-refractivity contribution in [2.24, 2.45) is 0 Å². The lowest BCUT2D eigenvalue weighted by Gasteiger charge is -2.05. The molecule has 38 heavy (non-hydrogen) atoms. The van der Waals surface area contributed by atoms with Crippen LogP contribution in [-0.4, -0.2) is 0 Å². The third-order valence-electron chi connectivity index (χ3n) is 7.43. The van der Waals surface area contributed by atoms with Gasteiger partial charge in [0.05, 0.1) is 0 Å². The quantitative estimate of drug-likeness (QED) is 0.204. The third-order valence-corrected chi connectivity index (χ3v) is 9.90. The molecule has 0 saturated carbocycles. The van der Waals surface area contributed by atoms with Crippen LogP contribution in [0.4, 0.5) is 0 Å². The molecule has 0 nitrogen and oxygen atoms in total. The fourth-order valence-electron chi connectivity index (χ4n) is 5.44. The lowest BCUT2D eigenvalue weighted by Crippen LogP contribution is -1.78. The minimum Gasteiger partial charge on any atom is -0.134 e. The third kappa shape index (κ3) is 3.73. The molecule has 178 valence electrons. The van der Waals surface area contributed by atoms with Crippen molar-refractivity contribution in [1.29, 1.82) is 0 Å². The Balaban J connectivity index is 1.12. The van der Waals surface area contributed by atoms with Crippen LogP contribution in [-0.2, 0) is 0 Å². The zero-order valence-corrected chi connectivity index (χ0v) is 22.2. The summed E-state index contributed by atoms with van der Waals surface area (Å²) in [4.78, 5) is 5.26. The van der Waals surface area contributed by atoms with Crippen LogP contribution >= 0.6 is 22.7 Å².